The third-order valence-electron chi connectivity index (χ3n) is 3.63. The number of nitrogens with zero attached hydrogens (tertiary/aromatic N) is 1. The lowest BCUT2D eigenvalue weighted by molar-refractivity contribution is -0.123. The normalized spacial score (nSPS) is 19.7. The van der Waals surface area contributed by atoms with E-state index in [1.165, 1.54) is 17.4 Å². The average Bonchev–Trinajstić information content (AvgIpc) is 2.91. The minimum atomic E-state index is -3.74. The molecule has 2 rings (SSSR count). The van der Waals surface area contributed by atoms with Crippen LogP contribution in [0.15, 0.2) is 21.5 Å². The highest BCUT2D eigenvalue weighted by Crippen LogP contribution is 2.32. The van der Waals surface area contributed by atoms with E-state index in [0.29, 0.717) is 35.1 Å². The maximum absolute atomic E-state index is 12.8. The molecule has 8 heteroatoms. The summed E-state index contributed by atoms with van der Waals surface area (Å²) in [5.74, 6) is -0.279. The summed E-state index contributed by atoms with van der Waals surface area (Å²) >= 11 is 3.28. The van der Waals surface area contributed by atoms with Gasteiger partial charge in [-0.05, 0) is 53.4 Å². The predicted molar refractivity (Wildman–Crippen MR) is 84.3 cm³/mol. The topological polar surface area (TPSA) is 92.5 Å². The van der Waals surface area contributed by atoms with Gasteiger partial charge in [0.1, 0.15) is 6.04 Å². The van der Waals surface area contributed by atoms with E-state index in [4.69, 9.17) is 5.73 Å². The number of nitrogens with one attached hydrogen (secondary N) is 1. The second kappa shape index (κ2) is 5.94. The number of sulfonamides is 1. The number of hydrogen-bond donors (Lipinski definition) is 2. The molecule has 1 aromatic carbocycles. The number of likely N-dealkylation sites (N-methyl/N-ethyl adjacent to an activating group) is 1. The number of aryl methyl sites for hydroxylation is 1. The molecule has 21 heavy (non-hydrogen) atoms. The summed E-state index contributed by atoms with van der Waals surface area (Å²) in [6.07, 6.45) is 1.20. The molecule has 1 saturated heterocycles. The van der Waals surface area contributed by atoms with E-state index >= 15 is 0 Å². The van der Waals surface area contributed by atoms with Gasteiger partial charge in [0.15, 0.2) is 0 Å². The highest BCUT2D eigenvalue weighted by Gasteiger charge is 2.39. The van der Waals surface area contributed by atoms with E-state index in [1.54, 1.807) is 13.0 Å². The van der Waals surface area contributed by atoms with E-state index in [1.807, 2.05) is 0 Å². The van der Waals surface area contributed by atoms with Crippen molar-refractivity contribution >= 4 is 37.5 Å². The molecule has 1 fully saturated rings. The smallest absolute Gasteiger partial charge is 0.244 e. The van der Waals surface area contributed by atoms with Gasteiger partial charge in [-0.3, -0.25) is 4.79 Å². The standard InChI is InChI=1S/C13H18BrN3O3S/c1-8-6-9(14)10(15)7-12(8)21(19,20)17-5-3-4-11(17)13(18)16-2/h6-7,11H,3-5,15H2,1-2H3,(H,16,18). The zero-order chi connectivity index (χ0) is 15.8. The zero-order valence-corrected chi connectivity index (χ0v) is 14.3. The minimum absolute atomic E-state index is 0.152. The molecule has 1 aliphatic rings. The molecule has 6 nitrogen and oxygen atoms in total. The average molecular weight is 376 g/mol. The van der Waals surface area contributed by atoms with Crippen LogP contribution in [0.5, 0.6) is 0 Å². The van der Waals surface area contributed by atoms with Crippen molar-refractivity contribution in [1.29, 1.82) is 0 Å². The van der Waals surface area contributed by atoms with Gasteiger partial charge in [0.25, 0.3) is 0 Å². The molecule has 0 radical (unpaired) electrons. The summed E-state index contributed by atoms with van der Waals surface area (Å²) in [5.41, 5.74) is 6.75. The van der Waals surface area contributed by atoms with E-state index in [-0.39, 0.29) is 10.8 Å². The van der Waals surface area contributed by atoms with Crippen LogP contribution in [0.25, 0.3) is 0 Å². The highest BCUT2D eigenvalue weighted by atomic mass is 79.9. The highest BCUT2D eigenvalue weighted by molar-refractivity contribution is 9.10. The maximum Gasteiger partial charge on any atom is 0.244 e. The van der Waals surface area contributed by atoms with Gasteiger partial charge in [-0.25, -0.2) is 8.42 Å². The molecule has 1 amide bonds. The number of nitrogen functional groups attached to an aromatic ring is 1. The third-order valence-corrected chi connectivity index (χ3v) is 6.37. The van der Waals surface area contributed by atoms with Crippen molar-refractivity contribution in [3.05, 3.63) is 22.2 Å². The fraction of sp³-hybridized carbons (Fsp3) is 0.462. The first-order valence-electron chi connectivity index (χ1n) is 6.58. The summed E-state index contributed by atoms with van der Waals surface area (Å²) in [6.45, 7) is 2.05. The summed E-state index contributed by atoms with van der Waals surface area (Å²) in [6, 6.07) is 2.46. The number of rotatable bonds is 3. The first-order chi connectivity index (χ1) is 9.78. The van der Waals surface area contributed by atoms with Crippen LogP contribution < -0.4 is 11.1 Å². The van der Waals surface area contributed by atoms with Crippen molar-refractivity contribution in [1.82, 2.24) is 9.62 Å². The molecule has 1 unspecified atom stereocenters. The van der Waals surface area contributed by atoms with Crippen LogP contribution in [-0.2, 0) is 14.8 Å². The molecule has 116 valence electrons. The summed E-state index contributed by atoms with van der Waals surface area (Å²) in [4.78, 5) is 12.0. The molecule has 1 aromatic rings. The molecule has 0 aromatic heterocycles. The Labute approximate surface area is 132 Å². The Morgan fingerprint density at radius 1 is 1.48 bits per heavy atom. The molecule has 1 atom stereocenters. The zero-order valence-electron chi connectivity index (χ0n) is 11.9. The third kappa shape index (κ3) is 2.93. The first kappa shape index (κ1) is 16.3. The van der Waals surface area contributed by atoms with E-state index in [9.17, 15) is 13.2 Å². The Balaban J connectivity index is 2.47. The van der Waals surface area contributed by atoms with Gasteiger partial charge in [0, 0.05) is 23.8 Å². The number of nitrogens with two attached hydrogens (primary N) is 1. The Morgan fingerprint density at radius 3 is 2.76 bits per heavy atom. The van der Waals surface area contributed by atoms with Gasteiger partial charge >= 0.3 is 0 Å². The molecule has 3 N–H and O–H groups in total. The summed E-state index contributed by atoms with van der Waals surface area (Å²) in [5, 5.41) is 2.52. The molecular formula is C13H18BrN3O3S. The number of hydrogen-bond acceptors (Lipinski definition) is 4. The molecule has 1 aliphatic heterocycles. The van der Waals surface area contributed by atoms with Gasteiger partial charge in [0.05, 0.1) is 4.90 Å². The minimum Gasteiger partial charge on any atom is -0.398 e. The van der Waals surface area contributed by atoms with Crippen LogP contribution >= 0.6 is 15.9 Å². The van der Waals surface area contributed by atoms with E-state index in [2.05, 4.69) is 21.2 Å². The number of carbonyl (C=O) groups is 1. The fourth-order valence-electron chi connectivity index (χ4n) is 2.53. The molecule has 1 heterocycles. The lowest BCUT2D eigenvalue weighted by atomic mass is 10.2. The van der Waals surface area contributed by atoms with Crippen molar-refractivity contribution in [2.24, 2.45) is 0 Å². The Morgan fingerprint density at radius 2 is 2.14 bits per heavy atom. The number of carbonyl (C=O) groups excluding carboxylic acids is 1. The van der Waals surface area contributed by atoms with Crippen LogP contribution in [0.2, 0.25) is 0 Å². The first-order valence-corrected chi connectivity index (χ1v) is 8.81. The summed E-state index contributed by atoms with van der Waals surface area (Å²) < 4.78 is 27.6. The van der Waals surface area contributed by atoms with Crippen molar-refractivity contribution < 1.29 is 13.2 Å². The summed E-state index contributed by atoms with van der Waals surface area (Å²) in [7, 11) is -2.23. The Kier molecular flexibility index (Phi) is 4.60. The maximum atomic E-state index is 12.8. The van der Waals surface area contributed by atoms with Crippen LogP contribution in [-0.4, -0.2) is 38.3 Å². The van der Waals surface area contributed by atoms with E-state index in [0.717, 1.165) is 0 Å². The fourth-order valence-corrected chi connectivity index (χ4v) is 4.89. The van der Waals surface area contributed by atoms with Crippen molar-refractivity contribution in [3.8, 4) is 0 Å². The number of anilines is 1. The molecule has 0 saturated carbocycles. The molecular weight excluding hydrogens is 358 g/mol. The Bertz CT molecular complexity index is 675. The van der Waals surface area contributed by atoms with Crippen LogP contribution in [0.4, 0.5) is 5.69 Å². The molecule has 0 aliphatic carbocycles. The van der Waals surface area contributed by atoms with Gasteiger partial charge in [-0.1, -0.05) is 0 Å². The monoisotopic (exact) mass is 375 g/mol. The van der Waals surface area contributed by atoms with Gasteiger partial charge < -0.3 is 11.1 Å². The number of benzene rings is 1. The van der Waals surface area contributed by atoms with Crippen molar-refractivity contribution in [3.63, 3.8) is 0 Å². The Hall–Kier alpha value is -1.12. The second-order valence-electron chi connectivity index (χ2n) is 5.03. The van der Waals surface area contributed by atoms with Gasteiger partial charge in [0.2, 0.25) is 15.9 Å². The van der Waals surface area contributed by atoms with Crippen LogP contribution in [0.1, 0.15) is 18.4 Å². The predicted octanol–water partition coefficient (Wildman–Crippen LogP) is 1.24. The van der Waals surface area contributed by atoms with Crippen LogP contribution in [0.3, 0.4) is 0 Å². The molecule has 0 bridgehead atoms. The number of amides is 1. The SMILES string of the molecule is CNC(=O)C1CCCN1S(=O)(=O)c1cc(N)c(Br)cc1C. The quantitative estimate of drug-likeness (QED) is 0.777. The second-order valence-corrected chi connectivity index (χ2v) is 7.74. The molecule has 0 spiro atoms. The van der Waals surface area contributed by atoms with Gasteiger partial charge in [-0.15, -0.1) is 0 Å². The van der Waals surface area contributed by atoms with Gasteiger partial charge in [-0.2, -0.15) is 4.31 Å². The van der Waals surface area contributed by atoms with Crippen LogP contribution in [0, 0.1) is 6.92 Å². The number of halogens is 1. The van der Waals surface area contributed by atoms with E-state index < -0.39 is 16.1 Å². The lowest BCUT2D eigenvalue weighted by Gasteiger charge is -2.24. The van der Waals surface area contributed by atoms with Crippen molar-refractivity contribution in [2.45, 2.75) is 30.7 Å². The lowest BCUT2D eigenvalue weighted by Crippen LogP contribution is -2.44. The largest absolute Gasteiger partial charge is 0.398 e. The van der Waals surface area contributed by atoms with Crippen molar-refractivity contribution in [2.75, 3.05) is 19.3 Å².